The lowest BCUT2D eigenvalue weighted by atomic mass is 9.78. The molecule has 2 nitrogen and oxygen atoms in total. The summed E-state index contributed by atoms with van der Waals surface area (Å²) in [5.74, 6) is 1.51. The molecule has 1 aromatic carbocycles. The third-order valence-corrected chi connectivity index (χ3v) is 5.08. The van der Waals surface area contributed by atoms with Crippen LogP contribution in [0.15, 0.2) is 30.3 Å². The summed E-state index contributed by atoms with van der Waals surface area (Å²) in [7, 11) is 4.43. The molecule has 0 aliphatic heterocycles. The molecule has 1 fully saturated rings. The van der Waals surface area contributed by atoms with Gasteiger partial charge in [0.25, 0.3) is 0 Å². The molecular weight excluding hydrogens is 256 g/mol. The molecule has 1 saturated carbocycles. The first-order chi connectivity index (χ1) is 10.1. The van der Waals surface area contributed by atoms with Gasteiger partial charge in [-0.05, 0) is 63.7 Å². The predicted octanol–water partition coefficient (Wildman–Crippen LogP) is 3.89. The second-order valence-corrected chi connectivity index (χ2v) is 7.05. The lowest BCUT2D eigenvalue weighted by molar-refractivity contribution is 0.137. The van der Waals surface area contributed by atoms with Crippen molar-refractivity contribution in [3.63, 3.8) is 0 Å². The van der Waals surface area contributed by atoms with Crippen molar-refractivity contribution in [2.75, 3.05) is 20.6 Å². The summed E-state index contributed by atoms with van der Waals surface area (Å²) in [4.78, 5) is 2.59. The largest absolute Gasteiger partial charge is 0.315 e. The molecule has 3 unspecified atom stereocenters. The lowest BCUT2D eigenvalue weighted by Crippen LogP contribution is -2.51. The number of hydrogen-bond acceptors (Lipinski definition) is 2. The van der Waals surface area contributed by atoms with E-state index in [1.165, 1.54) is 37.8 Å². The van der Waals surface area contributed by atoms with E-state index in [1.54, 1.807) is 0 Å². The summed E-state index contributed by atoms with van der Waals surface area (Å²) >= 11 is 0. The van der Waals surface area contributed by atoms with Crippen molar-refractivity contribution in [3.05, 3.63) is 35.9 Å². The van der Waals surface area contributed by atoms with Crippen molar-refractivity contribution in [2.45, 2.75) is 57.5 Å². The van der Waals surface area contributed by atoms with Crippen LogP contribution in [0, 0.1) is 5.92 Å². The van der Waals surface area contributed by atoms with Gasteiger partial charge in [0.1, 0.15) is 0 Å². The summed E-state index contributed by atoms with van der Waals surface area (Å²) in [5.41, 5.74) is 1.52. The van der Waals surface area contributed by atoms with Crippen LogP contribution in [-0.4, -0.2) is 37.6 Å². The third kappa shape index (κ3) is 4.55. The molecule has 1 aliphatic rings. The van der Waals surface area contributed by atoms with Crippen molar-refractivity contribution >= 4 is 0 Å². The van der Waals surface area contributed by atoms with Crippen molar-refractivity contribution < 1.29 is 0 Å². The Kier molecular flexibility index (Phi) is 6.25. The summed E-state index contributed by atoms with van der Waals surface area (Å²) in [6.07, 6.45) is 5.17. The minimum Gasteiger partial charge on any atom is -0.315 e. The molecule has 1 aliphatic carbocycles. The summed E-state index contributed by atoms with van der Waals surface area (Å²) in [5, 5.41) is 3.55. The number of benzene rings is 1. The van der Waals surface area contributed by atoms with Crippen LogP contribution in [0.5, 0.6) is 0 Å². The Hall–Kier alpha value is -0.860. The molecule has 2 rings (SSSR count). The standard InChI is InChI=1S/C19H32N2/c1-15(2)12-13-21(4)19-14-17(10-11-18(19)20-3)16-8-6-5-7-9-16/h5-9,15,17-20H,10-14H2,1-4H3. The molecule has 118 valence electrons. The number of nitrogens with zero attached hydrogens (tertiary/aromatic N) is 1. The highest BCUT2D eigenvalue weighted by atomic mass is 15.2. The highest BCUT2D eigenvalue weighted by molar-refractivity contribution is 5.21. The zero-order valence-electron chi connectivity index (χ0n) is 14.2. The Labute approximate surface area is 130 Å². The van der Waals surface area contributed by atoms with E-state index in [1.807, 2.05) is 0 Å². The minimum atomic E-state index is 0.641. The Morgan fingerprint density at radius 3 is 2.52 bits per heavy atom. The second kappa shape index (κ2) is 7.95. The van der Waals surface area contributed by atoms with E-state index in [0.717, 1.165) is 11.8 Å². The normalized spacial score (nSPS) is 26.5. The van der Waals surface area contributed by atoms with Gasteiger partial charge in [-0.3, -0.25) is 0 Å². The van der Waals surface area contributed by atoms with Crippen molar-refractivity contribution in [2.24, 2.45) is 5.92 Å². The number of nitrogens with one attached hydrogen (secondary N) is 1. The van der Waals surface area contributed by atoms with Gasteiger partial charge in [-0.1, -0.05) is 44.2 Å². The first kappa shape index (κ1) is 16.5. The maximum atomic E-state index is 3.55. The molecule has 0 aromatic heterocycles. The van der Waals surface area contributed by atoms with Gasteiger partial charge in [0.15, 0.2) is 0 Å². The average Bonchev–Trinajstić information content (AvgIpc) is 2.52. The third-order valence-electron chi connectivity index (χ3n) is 5.08. The van der Waals surface area contributed by atoms with Gasteiger partial charge in [-0.25, -0.2) is 0 Å². The summed E-state index contributed by atoms with van der Waals surface area (Å²) in [6, 6.07) is 12.4. The highest BCUT2D eigenvalue weighted by Gasteiger charge is 2.32. The second-order valence-electron chi connectivity index (χ2n) is 7.05. The molecule has 3 atom stereocenters. The Bertz CT molecular complexity index is 401. The molecule has 0 radical (unpaired) electrons. The Balaban J connectivity index is 2.02. The smallest absolute Gasteiger partial charge is 0.0252 e. The van der Waals surface area contributed by atoms with E-state index in [4.69, 9.17) is 0 Å². The molecule has 0 bridgehead atoms. The van der Waals surface area contributed by atoms with E-state index >= 15 is 0 Å². The Morgan fingerprint density at radius 1 is 1.19 bits per heavy atom. The fourth-order valence-corrected chi connectivity index (χ4v) is 3.63. The van der Waals surface area contributed by atoms with Gasteiger partial charge in [0.05, 0.1) is 0 Å². The quantitative estimate of drug-likeness (QED) is 0.854. The van der Waals surface area contributed by atoms with Crippen LogP contribution < -0.4 is 5.32 Å². The monoisotopic (exact) mass is 288 g/mol. The van der Waals surface area contributed by atoms with Crippen LogP contribution in [0.1, 0.15) is 51.0 Å². The van der Waals surface area contributed by atoms with Crippen LogP contribution in [0.25, 0.3) is 0 Å². The van der Waals surface area contributed by atoms with E-state index in [0.29, 0.717) is 12.1 Å². The van der Waals surface area contributed by atoms with Crippen molar-refractivity contribution in [3.8, 4) is 0 Å². The highest BCUT2D eigenvalue weighted by Crippen LogP contribution is 2.35. The maximum Gasteiger partial charge on any atom is 0.0252 e. The fraction of sp³-hybridized carbons (Fsp3) is 0.684. The summed E-state index contributed by atoms with van der Waals surface area (Å²) in [6.45, 7) is 5.84. The van der Waals surface area contributed by atoms with Gasteiger partial charge < -0.3 is 10.2 Å². The SMILES string of the molecule is CNC1CCC(c2ccccc2)CC1N(C)CCC(C)C. The van der Waals surface area contributed by atoms with E-state index in [9.17, 15) is 0 Å². The fourth-order valence-electron chi connectivity index (χ4n) is 3.63. The lowest BCUT2D eigenvalue weighted by Gasteiger charge is -2.41. The molecule has 0 saturated heterocycles. The maximum absolute atomic E-state index is 3.55. The van der Waals surface area contributed by atoms with Crippen LogP contribution in [0.3, 0.4) is 0 Å². The van der Waals surface area contributed by atoms with Crippen LogP contribution in [0.2, 0.25) is 0 Å². The average molecular weight is 288 g/mol. The molecule has 21 heavy (non-hydrogen) atoms. The molecule has 0 heterocycles. The molecule has 0 amide bonds. The van der Waals surface area contributed by atoms with Gasteiger partial charge in [0.2, 0.25) is 0 Å². The molecule has 0 spiro atoms. The van der Waals surface area contributed by atoms with Crippen molar-refractivity contribution in [1.29, 1.82) is 0 Å². The Morgan fingerprint density at radius 2 is 1.90 bits per heavy atom. The number of hydrogen-bond donors (Lipinski definition) is 1. The summed E-state index contributed by atoms with van der Waals surface area (Å²) < 4.78 is 0. The first-order valence-electron chi connectivity index (χ1n) is 8.54. The number of rotatable bonds is 6. The molecular formula is C19H32N2. The van der Waals surface area contributed by atoms with Crippen molar-refractivity contribution in [1.82, 2.24) is 10.2 Å². The van der Waals surface area contributed by atoms with Crippen LogP contribution in [-0.2, 0) is 0 Å². The van der Waals surface area contributed by atoms with Crippen LogP contribution in [0.4, 0.5) is 0 Å². The topological polar surface area (TPSA) is 15.3 Å². The van der Waals surface area contributed by atoms with E-state index < -0.39 is 0 Å². The first-order valence-corrected chi connectivity index (χ1v) is 8.54. The van der Waals surface area contributed by atoms with Gasteiger partial charge in [-0.2, -0.15) is 0 Å². The van der Waals surface area contributed by atoms with E-state index in [2.05, 4.69) is 68.5 Å². The molecule has 1 aromatic rings. The van der Waals surface area contributed by atoms with Gasteiger partial charge in [0, 0.05) is 12.1 Å². The minimum absolute atomic E-state index is 0.641. The van der Waals surface area contributed by atoms with E-state index in [-0.39, 0.29) is 0 Å². The predicted molar refractivity (Wildman–Crippen MR) is 91.8 cm³/mol. The van der Waals surface area contributed by atoms with Crippen LogP contribution >= 0.6 is 0 Å². The van der Waals surface area contributed by atoms with Gasteiger partial charge >= 0.3 is 0 Å². The number of likely N-dealkylation sites (N-methyl/N-ethyl adjacent to an activating group) is 2. The van der Waals surface area contributed by atoms with Gasteiger partial charge in [-0.15, -0.1) is 0 Å². The molecule has 1 N–H and O–H groups in total. The zero-order chi connectivity index (χ0) is 15.2. The zero-order valence-corrected chi connectivity index (χ0v) is 14.2. The molecule has 2 heteroatoms.